The molecule has 1 fully saturated rings. The summed E-state index contributed by atoms with van der Waals surface area (Å²) in [5.41, 5.74) is 2.08. The van der Waals surface area contributed by atoms with Crippen molar-refractivity contribution in [2.24, 2.45) is 0 Å². The Morgan fingerprint density at radius 3 is 2.65 bits per heavy atom. The van der Waals surface area contributed by atoms with Gasteiger partial charge in [-0.25, -0.2) is 0 Å². The summed E-state index contributed by atoms with van der Waals surface area (Å²) in [7, 11) is 0. The Bertz CT molecular complexity index is 1170. The zero-order valence-corrected chi connectivity index (χ0v) is 22.3. The van der Waals surface area contributed by atoms with E-state index in [1.54, 1.807) is 23.1 Å². The fourth-order valence-corrected chi connectivity index (χ4v) is 5.16. The average Bonchev–Trinajstić information content (AvgIpc) is 3.40. The molecule has 4 rings (SSSR count). The predicted molar refractivity (Wildman–Crippen MR) is 140 cm³/mol. The van der Waals surface area contributed by atoms with Gasteiger partial charge < -0.3 is 24.4 Å². The van der Waals surface area contributed by atoms with Crippen LogP contribution in [0.5, 0.6) is 11.5 Å². The molecule has 0 bridgehead atoms. The van der Waals surface area contributed by atoms with Crippen LogP contribution in [0.15, 0.2) is 48.0 Å². The highest BCUT2D eigenvalue weighted by Crippen LogP contribution is 2.40. The molecule has 0 saturated carbocycles. The van der Waals surface area contributed by atoms with Crippen LogP contribution in [0.2, 0.25) is 0 Å². The van der Waals surface area contributed by atoms with Crippen LogP contribution in [-0.4, -0.2) is 55.5 Å². The van der Waals surface area contributed by atoms with Crippen LogP contribution < -0.4 is 19.5 Å². The number of amides is 1. The van der Waals surface area contributed by atoms with Gasteiger partial charge in [-0.3, -0.25) is 9.59 Å². The first-order valence-corrected chi connectivity index (χ1v) is 13.5. The number of carbonyl (C=O) groups excluding carboxylic acids is 2. The second-order valence-corrected chi connectivity index (χ2v) is 9.91. The number of benzene rings is 2. The molecule has 0 radical (unpaired) electrons. The minimum Gasteiger partial charge on any atom is -0.872 e. The van der Waals surface area contributed by atoms with Crippen LogP contribution in [0.25, 0.3) is 5.76 Å². The van der Waals surface area contributed by atoms with E-state index in [1.807, 2.05) is 31.2 Å². The molecule has 1 amide bonds. The number of likely N-dealkylation sites (tertiary alicyclic amines) is 1. The van der Waals surface area contributed by atoms with Gasteiger partial charge in [0.25, 0.3) is 5.91 Å². The Hall–Kier alpha value is -3.32. The number of Topliss-reactive ketones (excluding diaryl/α,β-unsaturated/α-hetero) is 1. The number of ketones is 1. The smallest absolute Gasteiger partial charge is 0.295 e. The van der Waals surface area contributed by atoms with Crippen molar-refractivity contribution in [3.8, 4) is 11.5 Å². The number of hydrogen-bond donors (Lipinski definition) is 1. The first kappa shape index (κ1) is 26.7. The fourth-order valence-electron chi connectivity index (χ4n) is 5.16. The summed E-state index contributed by atoms with van der Waals surface area (Å²) in [4.78, 5) is 29.6. The van der Waals surface area contributed by atoms with E-state index in [9.17, 15) is 14.7 Å². The number of nitrogens with one attached hydrogen (secondary N) is 1. The van der Waals surface area contributed by atoms with Gasteiger partial charge in [-0.15, -0.1) is 0 Å². The summed E-state index contributed by atoms with van der Waals surface area (Å²) >= 11 is 0. The summed E-state index contributed by atoms with van der Waals surface area (Å²) in [6.45, 7) is 11.8. The van der Waals surface area contributed by atoms with Crippen molar-refractivity contribution < 1.29 is 29.1 Å². The number of quaternary nitrogens is 1. The van der Waals surface area contributed by atoms with E-state index in [4.69, 9.17) is 9.47 Å². The first-order valence-electron chi connectivity index (χ1n) is 13.5. The average molecular weight is 507 g/mol. The van der Waals surface area contributed by atoms with E-state index >= 15 is 0 Å². The topological polar surface area (TPSA) is 83.3 Å². The Morgan fingerprint density at radius 1 is 1.14 bits per heavy atom. The van der Waals surface area contributed by atoms with E-state index < -0.39 is 23.5 Å². The molecule has 2 aliphatic rings. The van der Waals surface area contributed by atoms with Crippen LogP contribution in [0, 0.1) is 0 Å². The van der Waals surface area contributed by atoms with Crippen molar-refractivity contribution in [3.05, 3.63) is 64.7 Å². The van der Waals surface area contributed by atoms with Gasteiger partial charge in [-0.2, -0.15) is 0 Å². The van der Waals surface area contributed by atoms with Gasteiger partial charge in [0.2, 0.25) is 5.78 Å². The van der Waals surface area contributed by atoms with Gasteiger partial charge in [-0.1, -0.05) is 37.3 Å². The van der Waals surface area contributed by atoms with Gasteiger partial charge in [0, 0.05) is 12.0 Å². The van der Waals surface area contributed by atoms with Gasteiger partial charge in [0.05, 0.1) is 38.8 Å². The van der Waals surface area contributed by atoms with Crippen molar-refractivity contribution in [1.82, 2.24) is 4.90 Å². The third-order valence-electron chi connectivity index (χ3n) is 7.33. The number of likely N-dealkylation sites (N-methyl/N-ethyl adjacent to an activating group) is 1. The lowest BCUT2D eigenvalue weighted by Gasteiger charge is -2.29. The van der Waals surface area contributed by atoms with E-state index in [2.05, 4.69) is 20.8 Å². The van der Waals surface area contributed by atoms with Crippen LogP contribution in [0.1, 0.15) is 63.3 Å². The molecule has 2 aromatic rings. The molecule has 198 valence electrons. The molecule has 2 atom stereocenters. The maximum Gasteiger partial charge on any atom is 0.295 e. The number of rotatable bonds is 11. The number of fused-ring (bicyclic) bond motifs is 1. The highest BCUT2D eigenvalue weighted by atomic mass is 16.5. The summed E-state index contributed by atoms with van der Waals surface area (Å²) in [6, 6.07) is 12.0. The lowest BCUT2D eigenvalue weighted by Crippen LogP contribution is -3.12. The van der Waals surface area contributed by atoms with E-state index in [0.29, 0.717) is 43.0 Å². The second kappa shape index (κ2) is 11.8. The zero-order chi connectivity index (χ0) is 26.5. The van der Waals surface area contributed by atoms with Crippen molar-refractivity contribution in [2.45, 2.75) is 59.1 Å². The molecule has 2 aliphatic heterocycles. The third-order valence-corrected chi connectivity index (χ3v) is 7.33. The molecule has 0 aromatic heterocycles. The van der Waals surface area contributed by atoms with Gasteiger partial charge >= 0.3 is 0 Å². The Labute approximate surface area is 219 Å². The quantitative estimate of drug-likeness (QED) is 0.219. The summed E-state index contributed by atoms with van der Waals surface area (Å²) in [5.74, 6) is -0.300. The molecule has 7 heteroatoms. The molecule has 2 unspecified atom stereocenters. The molecule has 2 aromatic carbocycles. The first-order chi connectivity index (χ1) is 17.9. The number of carbonyl (C=O) groups is 2. The summed E-state index contributed by atoms with van der Waals surface area (Å²) in [5, 5.41) is 13.8. The Balaban J connectivity index is 1.76. The molecule has 7 nitrogen and oxygen atoms in total. The molecular weight excluding hydrogens is 468 g/mol. The molecular formula is C30H38N2O5. The van der Waals surface area contributed by atoms with Crippen molar-refractivity contribution in [1.29, 1.82) is 0 Å². The van der Waals surface area contributed by atoms with E-state index in [0.717, 1.165) is 37.2 Å². The van der Waals surface area contributed by atoms with Crippen LogP contribution in [-0.2, 0) is 16.0 Å². The fraction of sp³-hybridized carbons (Fsp3) is 0.467. The lowest BCUT2D eigenvalue weighted by molar-refractivity contribution is -0.895. The summed E-state index contributed by atoms with van der Waals surface area (Å²) < 4.78 is 11.7. The molecule has 0 spiro atoms. The van der Waals surface area contributed by atoms with Gasteiger partial charge in [-0.05, 0) is 68.1 Å². The standard InChI is InChI=1S/C30H38N2O5/c1-5-8-16-36-24-11-9-10-21(19-24)27-26(29(34)30(35)32(27)15-14-31(6-2)7-3)28(33)22-12-13-25-23(18-22)17-20(4)37-25/h9-13,18-20,27,33H,5-8,14-17H2,1-4H3/b28-26+. The lowest BCUT2D eigenvalue weighted by atomic mass is 9.94. The van der Waals surface area contributed by atoms with Crippen LogP contribution in [0.3, 0.4) is 0 Å². The number of ether oxygens (including phenoxy) is 2. The molecule has 2 heterocycles. The number of nitrogens with zero attached hydrogens (tertiary/aromatic N) is 1. The zero-order valence-electron chi connectivity index (χ0n) is 22.3. The van der Waals surface area contributed by atoms with Crippen LogP contribution in [0.4, 0.5) is 0 Å². The van der Waals surface area contributed by atoms with Crippen LogP contribution >= 0.6 is 0 Å². The number of unbranched alkanes of at least 4 members (excludes halogenated alkanes) is 1. The Kier molecular flexibility index (Phi) is 8.54. The molecule has 0 aliphatic carbocycles. The Morgan fingerprint density at radius 2 is 1.92 bits per heavy atom. The normalized spacial score (nSPS) is 20.4. The minimum atomic E-state index is -0.749. The maximum absolute atomic E-state index is 13.8. The second-order valence-electron chi connectivity index (χ2n) is 9.91. The van der Waals surface area contributed by atoms with Gasteiger partial charge in [0.15, 0.2) is 0 Å². The minimum absolute atomic E-state index is 0.0113. The van der Waals surface area contributed by atoms with Gasteiger partial charge in [0.1, 0.15) is 17.6 Å². The van der Waals surface area contributed by atoms with Crippen molar-refractivity contribution >= 4 is 17.4 Å². The highest BCUT2D eigenvalue weighted by Gasteiger charge is 2.44. The van der Waals surface area contributed by atoms with Crippen molar-refractivity contribution in [2.75, 3.05) is 32.8 Å². The largest absolute Gasteiger partial charge is 0.872 e. The maximum atomic E-state index is 13.8. The van der Waals surface area contributed by atoms with E-state index in [1.165, 1.54) is 4.90 Å². The molecule has 1 N–H and O–H groups in total. The van der Waals surface area contributed by atoms with E-state index in [-0.39, 0.29) is 11.7 Å². The number of hydrogen-bond acceptors (Lipinski definition) is 5. The molecule has 37 heavy (non-hydrogen) atoms. The highest BCUT2D eigenvalue weighted by molar-refractivity contribution is 6.46. The molecule has 1 saturated heterocycles. The monoisotopic (exact) mass is 506 g/mol. The SMILES string of the molecule is CCCCOc1cccc(C2/C(=C(\[O-])c3ccc4c(c3)CC(C)O4)C(=O)C(=O)N2CC[NH+](CC)CC)c1. The summed E-state index contributed by atoms with van der Waals surface area (Å²) in [6.07, 6.45) is 2.70. The van der Waals surface area contributed by atoms with Crippen molar-refractivity contribution in [3.63, 3.8) is 0 Å². The third kappa shape index (κ3) is 5.67. The predicted octanol–water partition coefficient (Wildman–Crippen LogP) is 2.34.